The van der Waals surface area contributed by atoms with E-state index in [0.717, 1.165) is 0 Å². The van der Waals surface area contributed by atoms with Gasteiger partial charge in [-0.05, 0) is 24.6 Å². The maximum absolute atomic E-state index is 12.0. The van der Waals surface area contributed by atoms with Crippen molar-refractivity contribution in [1.29, 1.82) is 0 Å². The van der Waals surface area contributed by atoms with E-state index >= 15 is 0 Å². The number of hydrogen-bond donors (Lipinski definition) is 1. The number of rotatable bonds is 2. The molecule has 1 heterocycles. The fourth-order valence-electron chi connectivity index (χ4n) is 2.20. The first-order chi connectivity index (χ1) is 8.88. The van der Waals surface area contributed by atoms with Gasteiger partial charge in [-0.25, -0.2) is 13.2 Å². The summed E-state index contributed by atoms with van der Waals surface area (Å²) in [7, 11) is -2.02. The van der Waals surface area contributed by atoms with Crippen molar-refractivity contribution >= 4 is 21.5 Å². The molecule has 1 aliphatic heterocycles. The number of sulfone groups is 1. The van der Waals surface area contributed by atoms with Crippen LogP contribution in [0.2, 0.25) is 0 Å². The zero-order valence-corrected chi connectivity index (χ0v) is 11.3. The minimum absolute atomic E-state index is 0.0476. The van der Waals surface area contributed by atoms with Crippen molar-refractivity contribution in [3.8, 4) is 0 Å². The molecular formula is C12H13NO5S. The molecular weight excluding hydrogens is 270 g/mol. The number of nitrogens with zero attached hydrogens (tertiary/aromatic N) is 1. The van der Waals surface area contributed by atoms with Crippen LogP contribution in [0.15, 0.2) is 22.2 Å². The molecule has 7 heteroatoms. The highest BCUT2D eigenvalue weighted by Gasteiger charge is 2.31. The quantitative estimate of drug-likeness (QED) is 0.824. The predicted octanol–water partition coefficient (Wildman–Crippen LogP) is 1.22. The zero-order chi connectivity index (χ0) is 14.2. The second-order valence-electron chi connectivity index (χ2n) is 4.21. The normalized spacial score (nSPS) is 18.9. The summed E-state index contributed by atoms with van der Waals surface area (Å²) in [5, 5.41) is 12.9. The van der Waals surface area contributed by atoms with Crippen LogP contribution in [0.4, 0.5) is 0 Å². The first-order valence-electron chi connectivity index (χ1n) is 5.58. The number of carboxylic acid groups (broad SMARTS) is 1. The summed E-state index contributed by atoms with van der Waals surface area (Å²) in [4.78, 5) is 15.9. The van der Waals surface area contributed by atoms with Crippen LogP contribution in [0, 0.1) is 6.92 Å². The summed E-state index contributed by atoms with van der Waals surface area (Å²) in [6.07, 6.45) is 0.215. The van der Waals surface area contributed by atoms with Crippen LogP contribution < -0.4 is 0 Å². The SMILES string of the molecule is CO/N=C1\CCS(=O)(=O)c2ccc(C(=O)O)c(C)c21. The van der Waals surface area contributed by atoms with Crippen LogP contribution in [0.25, 0.3) is 0 Å². The van der Waals surface area contributed by atoms with E-state index in [0.29, 0.717) is 16.8 Å². The molecule has 0 aromatic heterocycles. The third-order valence-corrected chi connectivity index (χ3v) is 4.84. The first-order valence-corrected chi connectivity index (χ1v) is 7.23. The highest BCUT2D eigenvalue weighted by molar-refractivity contribution is 7.91. The van der Waals surface area contributed by atoms with E-state index in [9.17, 15) is 13.2 Å². The molecule has 0 unspecified atom stereocenters. The van der Waals surface area contributed by atoms with Crippen LogP contribution >= 0.6 is 0 Å². The number of benzene rings is 1. The molecule has 0 bridgehead atoms. The fraction of sp³-hybridized carbons (Fsp3) is 0.333. The topological polar surface area (TPSA) is 93.0 Å². The summed E-state index contributed by atoms with van der Waals surface area (Å²) < 4.78 is 24.0. The van der Waals surface area contributed by atoms with Crippen LogP contribution in [-0.2, 0) is 14.7 Å². The summed E-state index contributed by atoms with van der Waals surface area (Å²) >= 11 is 0. The molecule has 0 spiro atoms. The maximum atomic E-state index is 12.0. The Hall–Kier alpha value is -1.89. The van der Waals surface area contributed by atoms with Crippen LogP contribution in [0.5, 0.6) is 0 Å². The van der Waals surface area contributed by atoms with Gasteiger partial charge in [0.05, 0.1) is 21.9 Å². The minimum atomic E-state index is -3.39. The zero-order valence-electron chi connectivity index (χ0n) is 10.5. The first kappa shape index (κ1) is 13.5. The molecule has 1 aliphatic rings. The van der Waals surface area contributed by atoms with Crippen LogP contribution in [-0.4, -0.2) is 38.1 Å². The molecule has 1 aromatic rings. The summed E-state index contributed by atoms with van der Waals surface area (Å²) in [6.45, 7) is 1.58. The molecule has 0 radical (unpaired) electrons. The number of oxime groups is 1. The minimum Gasteiger partial charge on any atom is -0.478 e. The molecule has 102 valence electrons. The highest BCUT2D eigenvalue weighted by atomic mass is 32.2. The van der Waals surface area contributed by atoms with Gasteiger partial charge in [0, 0.05) is 12.0 Å². The van der Waals surface area contributed by atoms with Crippen molar-refractivity contribution in [3.05, 3.63) is 28.8 Å². The van der Waals surface area contributed by atoms with Gasteiger partial charge in [0.1, 0.15) is 7.11 Å². The molecule has 1 aromatic carbocycles. The van der Waals surface area contributed by atoms with Crippen molar-refractivity contribution < 1.29 is 23.2 Å². The predicted molar refractivity (Wildman–Crippen MR) is 68.4 cm³/mol. The lowest BCUT2D eigenvalue weighted by Crippen LogP contribution is -2.24. The molecule has 6 nitrogen and oxygen atoms in total. The summed E-state index contributed by atoms with van der Waals surface area (Å²) in [5.41, 5.74) is 1.28. The van der Waals surface area contributed by atoms with E-state index in [1.807, 2.05) is 0 Å². The smallest absolute Gasteiger partial charge is 0.335 e. The van der Waals surface area contributed by atoms with Crippen LogP contribution in [0.3, 0.4) is 0 Å². The molecule has 2 rings (SSSR count). The highest BCUT2D eigenvalue weighted by Crippen LogP contribution is 2.30. The van der Waals surface area contributed by atoms with E-state index in [1.165, 1.54) is 19.2 Å². The van der Waals surface area contributed by atoms with Gasteiger partial charge in [-0.2, -0.15) is 0 Å². The molecule has 0 saturated heterocycles. The lowest BCUT2D eigenvalue weighted by Gasteiger charge is -2.20. The van der Waals surface area contributed by atoms with Crippen molar-refractivity contribution in [2.24, 2.45) is 5.16 Å². The Bertz CT molecular complexity index is 676. The van der Waals surface area contributed by atoms with Gasteiger partial charge < -0.3 is 9.94 Å². The Morgan fingerprint density at radius 3 is 2.68 bits per heavy atom. The standard InChI is InChI=1S/C12H13NO5S/c1-7-8(12(14)15)3-4-10-11(7)9(13-18-2)5-6-19(10,16)17/h3-4H,5-6H2,1-2H3,(H,14,15)/b13-9+. The van der Waals surface area contributed by atoms with Crippen molar-refractivity contribution in [3.63, 3.8) is 0 Å². The molecule has 1 N–H and O–H groups in total. The molecule has 19 heavy (non-hydrogen) atoms. The molecule has 0 atom stereocenters. The van der Waals surface area contributed by atoms with E-state index in [4.69, 9.17) is 9.94 Å². The van der Waals surface area contributed by atoms with Crippen LogP contribution in [0.1, 0.15) is 27.9 Å². The second-order valence-corrected chi connectivity index (χ2v) is 6.28. The second kappa shape index (κ2) is 4.65. The largest absolute Gasteiger partial charge is 0.478 e. The van der Waals surface area contributed by atoms with Gasteiger partial charge in [-0.1, -0.05) is 5.16 Å². The van der Waals surface area contributed by atoms with Gasteiger partial charge in [0.2, 0.25) is 0 Å². The lowest BCUT2D eigenvalue weighted by molar-refractivity contribution is 0.0696. The third-order valence-electron chi connectivity index (χ3n) is 3.09. The van der Waals surface area contributed by atoms with Gasteiger partial charge >= 0.3 is 5.97 Å². The van der Waals surface area contributed by atoms with E-state index < -0.39 is 15.8 Å². The number of carboxylic acids is 1. The molecule has 0 amide bonds. The van der Waals surface area contributed by atoms with E-state index in [-0.39, 0.29) is 22.6 Å². The van der Waals surface area contributed by atoms with Crippen molar-refractivity contribution in [1.82, 2.24) is 0 Å². The third kappa shape index (κ3) is 2.21. The number of aromatic carboxylic acids is 1. The summed E-state index contributed by atoms with van der Waals surface area (Å²) in [5.74, 6) is -1.14. The molecule has 0 saturated carbocycles. The Balaban J connectivity index is 2.81. The average molecular weight is 283 g/mol. The fourth-order valence-corrected chi connectivity index (χ4v) is 3.74. The Morgan fingerprint density at radius 1 is 1.42 bits per heavy atom. The van der Waals surface area contributed by atoms with E-state index in [2.05, 4.69) is 5.16 Å². The molecule has 0 fully saturated rings. The summed E-state index contributed by atoms with van der Waals surface area (Å²) in [6, 6.07) is 2.63. The van der Waals surface area contributed by atoms with Gasteiger partial charge in [-0.3, -0.25) is 0 Å². The van der Waals surface area contributed by atoms with Crippen molar-refractivity contribution in [2.45, 2.75) is 18.2 Å². The van der Waals surface area contributed by atoms with Gasteiger partial charge in [-0.15, -0.1) is 0 Å². The lowest BCUT2D eigenvalue weighted by atomic mass is 9.97. The average Bonchev–Trinajstić information content (AvgIpc) is 2.33. The van der Waals surface area contributed by atoms with Gasteiger partial charge in [0.25, 0.3) is 0 Å². The maximum Gasteiger partial charge on any atom is 0.335 e. The Morgan fingerprint density at radius 2 is 2.11 bits per heavy atom. The van der Waals surface area contributed by atoms with Gasteiger partial charge in [0.15, 0.2) is 9.84 Å². The number of fused-ring (bicyclic) bond motifs is 1. The molecule has 0 aliphatic carbocycles. The Labute approximate surface area is 110 Å². The number of carbonyl (C=O) groups is 1. The van der Waals surface area contributed by atoms with E-state index in [1.54, 1.807) is 6.92 Å². The monoisotopic (exact) mass is 283 g/mol. The van der Waals surface area contributed by atoms with Crippen molar-refractivity contribution in [2.75, 3.05) is 12.9 Å². The number of hydrogen-bond acceptors (Lipinski definition) is 5. The Kier molecular flexibility index (Phi) is 3.32.